The first-order valence-corrected chi connectivity index (χ1v) is 4.97. The lowest BCUT2D eigenvalue weighted by Crippen LogP contribution is -2.12. The number of hydrogen-bond donors (Lipinski definition) is 1. The second-order valence-corrected chi connectivity index (χ2v) is 3.91. The number of benzene rings is 1. The van der Waals surface area contributed by atoms with E-state index in [-0.39, 0.29) is 5.69 Å². The number of nitrogens with two attached hydrogens (primary N) is 1. The van der Waals surface area contributed by atoms with E-state index in [9.17, 15) is 13.2 Å². The fourth-order valence-corrected chi connectivity index (χ4v) is 2.05. The maximum atomic E-state index is 12.5. The lowest BCUT2D eigenvalue weighted by Gasteiger charge is -2.19. The molecule has 0 fully saturated rings. The Morgan fingerprint density at radius 1 is 1.00 bits per heavy atom. The Hall–Kier alpha value is -1.19. The average Bonchev–Trinajstić information content (AvgIpc) is 2.15. The van der Waals surface area contributed by atoms with Gasteiger partial charge < -0.3 is 5.73 Å². The molecular weight excluding hydrogens is 203 g/mol. The molecule has 0 saturated heterocycles. The van der Waals surface area contributed by atoms with Gasteiger partial charge in [0.2, 0.25) is 0 Å². The second kappa shape index (κ2) is 3.43. The summed E-state index contributed by atoms with van der Waals surface area (Å²) in [4.78, 5) is 0. The van der Waals surface area contributed by atoms with Crippen molar-refractivity contribution in [3.05, 3.63) is 28.8 Å². The highest BCUT2D eigenvalue weighted by Gasteiger charge is 2.33. The first-order valence-electron chi connectivity index (χ1n) is 4.97. The van der Waals surface area contributed by atoms with Crippen LogP contribution in [0.4, 0.5) is 18.9 Å². The third kappa shape index (κ3) is 1.94. The van der Waals surface area contributed by atoms with Crippen LogP contribution in [0.15, 0.2) is 12.1 Å². The van der Waals surface area contributed by atoms with Gasteiger partial charge in [-0.15, -0.1) is 0 Å². The SMILES string of the molecule is Nc1cc2c(cc1C(F)(F)F)CCCC2. The van der Waals surface area contributed by atoms with Crippen LogP contribution in [0, 0.1) is 0 Å². The van der Waals surface area contributed by atoms with Gasteiger partial charge in [-0.25, -0.2) is 0 Å². The quantitative estimate of drug-likeness (QED) is 0.661. The smallest absolute Gasteiger partial charge is 0.398 e. The number of anilines is 1. The van der Waals surface area contributed by atoms with Gasteiger partial charge >= 0.3 is 6.18 Å². The Balaban J connectivity index is 2.50. The Bertz CT molecular complexity index is 382. The van der Waals surface area contributed by atoms with Gasteiger partial charge in [0, 0.05) is 5.69 Å². The molecule has 1 nitrogen and oxygen atoms in total. The molecule has 2 N–H and O–H groups in total. The summed E-state index contributed by atoms with van der Waals surface area (Å²) in [6, 6.07) is 2.70. The average molecular weight is 215 g/mol. The summed E-state index contributed by atoms with van der Waals surface area (Å²) in [5, 5.41) is 0. The zero-order valence-corrected chi connectivity index (χ0v) is 8.19. The molecule has 82 valence electrons. The van der Waals surface area contributed by atoms with Crippen molar-refractivity contribution in [1.82, 2.24) is 0 Å². The number of fused-ring (bicyclic) bond motifs is 1. The monoisotopic (exact) mass is 215 g/mol. The third-order valence-corrected chi connectivity index (χ3v) is 2.82. The van der Waals surface area contributed by atoms with E-state index >= 15 is 0 Å². The Morgan fingerprint density at radius 2 is 1.53 bits per heavy atom. The van der Waals surface area contributed by atoms with Gasteiger partial charge in [-0.2, -0.15) is 13.2 Å². The van der Waals surface area contributed by atoms with Crippen molar-refractivity contribution in [2.75, 3.05) is 5.73 Å². The molecule has 0 radical (unpaired) electrons. The molecule has 0 aromatic heterocycles. The molecule has 0 unspecified atom stereocenters. The van der Waals surface area contributed by atoms with Gasteiger partial charge in [0.25, 0.3) is 0 Å². The Kier molecular flexibility index (Phi) is 2.37. The molecule has 0 atom stereocenters. The molecule has 1 aromatic rings. The molecule has 0 amide bonds. The minimum absolute atomic E-state index is 0.150. The highest BCUT2D eigenvalue weighted by Crippen LogP contribution is 2.36. The van der Waals surface area contributed by atoms with Gasteiger partial charge in [0.1, 0.15) is 0 Å². The van der Waals surface area contributed by atoms with Crippen molar-refractivity contribution in [3.8, 4) is 0 Å². The molecule has 2 rings (SSSR count). The molecular formula is C11H12F3N. The number of hydrogen-bond acceptors (Lipinski definition) is 1. The van der Waals surface area contributed by atoms with Gasteiger partial charge in [0.15, 0.2) is 0 Å². The van der Waals surface area contributed by atoms with Crippen LogP contribution in [0.2, 0.25) is 0 Å². The van der Waals surface area contributed by atoms with Crippen molar-refractivity contribution in [2.24, 2.45) is 0 Å². The van der Waals surface area contributed by atoms with Crippen LogP contribution >= 0.6 is 0 Å². The standard InChI is InChI=1S/C11H12F3N/c12-11(13,14)9-5-7-3-1-2-4-8(7)6-10(9)15/h5-6H,1-4,15H2. The predicted molar refractivity (Wildman–Crippen MR) is 52.5 cm³/mol. The first kappa shape index (κ1) is 10.3. The van der Waals surface area contributed by atoms with Gasteiger partial charge in [-0.3, -0.25) is 0 Å². The first-order chi connectivity index (χ1) is 6.98. The topological polar surface area (TPSA) is 26.0 Å². The zero-order chi connectivity index (χ0) is 11.1. The van der Waals surface area contributed by atoms with Crippen LogP contribution in [0.5, 0.6) is 0 Å². The van der Waals surface area contributed by atoms with Crippen LogP contribution in [-0.4, -0.2) is 0 Å². The summed E-state index contributed by atoms with van der Waals surface area (Å²) in [5.41, 5.74) is 6.36. The molecule has 1 aromatic carbocycles. The minimum atomic E-state index is -4.34. The van der Waals surface area contributed by atoms with E-state index in [0.29, 0.717) is 0 Å². The van der Waals surface area contributed by atoms with Gasteiger partial charge in [-0.05, 0) is 48.9 Å². The summed E-state index contributed by atoms with van der Waals surface area (Å²) < 4.78 is 37.6. The molecule has 0 saturated carbocycles. The van der Waals surface area contributed by atoms with E-state index in [1.54, 1.807) is 0 Å². The lowest BCUT2D eigenvalue weighted by atomic mass is 9.89. The highest BCUT2D eigenvalue weighted by molar-refractivity contribution is 5.54. The predicted octanol–water partition coefficient (Wildman–Crippen LogP) is 3.17. The summed E-state index contributed by atoms with van der Waals surface area (Å²) in [6.07, 6.45) is -0.751. The van der Waals surface area contributed by atoms with Crippen LogP contribution in [-0.2, 0) is 19.0 Å². The van der Waals surface area contributed by atoms with Crippen molar-refractivity contribution in [1.29, 1.82) is 0 Å². The largest absolute Gasteiger partial charge is 0.418 e. The zero-order valence-electron chi connectivity index (χ0n) is 8.19. The summed E-state index contributed by atoms with van der Waals surface area (Å²) >= 11 is 0. The van der Waals surface area contributed by atoms with Gasteiger partial charge in [0.05, 0.1) is 5.56 Å². The van der Waals surface area contributed by atoms with Gasteiger partial charge in [-0.1, -0.05) is 0 Å². The molecule has 0 spiro atoms. The highest BCUT2D eigenvalue weighted by atomic mass is 19.4. The molecule has 4 heteroatoms. The van der Waals surface area contributed by atoms with E-state index < -0.39 is 11.7 Å². The van der Waals surface area contributed by atoms with E-state index in [1.165, 1.54) is 12.1 Å². The van der Waals surface area contributed by atoms with E-state index in [0.717, 1.165) is 36.8 Å². The van der Waals surface area contributed by atoms with Crippen molar-refractivity contribution >= 4 is 5.69 Å². The Morgan fingerprint density at radius 3 is 2.07 bits per heavy atom. The van der Waals surface area contributed by atoms with Crippen LogP contribution in [0.1, 0.15) is 29.5 Å². The number of alkyl halides is 3. The fraction of sp³-hybridized carbons (Fsp3) is 0.455. The van der Waals surface area contributed by atoms with E-state index in [2.05, 4.69) is 0 Å². The lowest BCUT2D eigenvalue weighted by molar-refractivity contribution is -0.137. The maximum absolute atomic E-state index is 12.5. The number of aryl methyl sites for hydroxylation is 2. The molecule has 0 bridgehead atoms. The maximum Gasteiger partial charge on any atom is 0.418 e. The molecule has 15 heavy (non-hydrogen) atoms. The van der Waals surface area contributed by atoms with Crippen molar-refractivity contribution in [2.45, 2.75) is 31.9 Å². The third-order valence-electron chi connectivity index (χ3n) is 2.82. The van der Waals surface area contributed by atoms with Crippen LogP contribution < -0.4 is 5.73 Å². The molecule has 1 aliphatic rings. The Labute approximate surface area is 86.1 Å². The van der Waals surface area contributed by atoms with Crippen LogP contribution in [0.25, 0.3) is 0 Å². The fourth-order valence-electron chi connectivity index (χ4n) is 2.05. The normalized spacial score (nSPS) is 16.2. The van der Waals surface area contributed by atoms with Crippen molar-refractivity contribution < 1.29 is 13.2 Å². The van der Waals surface area contributed by atoms with E-state index in [1.807, 2.05) is 0 Å². The van der Waals surface area contributed by atoms with Crippen molar-refractivity contribution in [3.63, 3.8) is 0 Å². The van der Waals surface area contributed by atoms with E-state index in [4.69, 9.17) is 5.73 Å². The molecule has 1 aliphatic carbocycles. The second-order valence-electron chi connectivity index (χ2n) is 3.91. The molecule has 0 aliphatic heterocycles. The number of rotatable bonds is 0. The number of halogens is 3. The summed E-state index contributed by atoms with van der Waals surface area (Å²) in [5.74, 6) is 0. The summed E-state index contributed by atoms with van der Waals surface area (Å²) in [7, 11) is 0. The number of nitrogen functional groups attached to an aromatic ring is 1. The molecule has 0 heterocycles. The minimum Gasteiger partial charge on any atom is -0.398 e. The van der Waals surface area contributed by atoms with Crippen LogP contribution in [0.3, 0.4) is 0 Å². The summed E-state index contributed by atoms with van der Waals surface area (Å²) in [6.45, 7) is 0.